The maximum atomic E-state index is 11.7. The van der Waals surface area contributed by atoms with Crippen LogP contribution in [-0.4, -0.2) is 12.1 Å². The molecule has 4 aliphatic carbocycles. The van der Waals surface area contributed by atoms with E-state index in [0.29, 0.717) is 5.41 Å². The molecule has 2 heteroatoms. The number of hydrogen-bond acceptors (Lipinski definition) is 2. The molecular weight excluding hydrogens is 356 g/mol. The zero-order valence-corrected chi connectivity index (χ0v) is 18.5. The molecule has 0 aromatic heterocycles. The lowest BCUT2D eigenvalue weighted by Crippen LogP contribution is -2.54. The Morgan fingerprint density at radius 3 is 2.38 bits per heavy atom. The highest BCUT2D eigenvalue weighted by Gasteiger charge is 2.61. The maximum absolute atomic E-state index is 11.7. The molecule has 5 rings (SSSR count). The Labute approximate surface area is 176 Å². The lowest BCUT2D eigenvalue weighted by atomic mass is 9.44. The number of carbonyl (C=O) groups excluding carboxylic acids is 1. The van der Waals surface area contributed by atoms with Gasteiger partial charge in [0, 0.05) is 12.3 Å². The second kappa shape index (κ2) is 7.13. The fourth-order valence-corrected chi connectivity index (χ4v) is 8.63. The van der Waals surface area contributed by atoms with Gasteiger partial charge in [-0.2, -0.15) is 0 Å². The minimum Gasteiger partial charge on any atom is -0.462 e. The molecule has 2 nitrogen and oxygen atoms in total. The summed E-state index contributed by atoms with van der Waals surface area (Å²) in [5.41, 5.74) is 2.31. The summed E-state index contributed by atoms with van der Waals surface area (Å²) in [4.78, 5) is 11.7. The molecule has 4 fully saturated rings. The molecule has 0 N–H and O–H groups in total. The van der Waals surface area contributed by atoms with Crippen molar-refractivity contribution in [3.05, 3.63) is 35.9 Å². The number of fused-ring (bicyclic) bond motifs is 5. The van der Waals surface area contributed by atoms with Crippen molar-refractivity contribution in [3.8, 4) is 0 Å². The number of benzene rings is 1. The predicted molar refractivity (Wildman–Crippen MR) is 116 cm³/mol. The molecule has 0 bridgehead atoms. The fraction of sp³-hybridized carbons (Fsp3) is 0.741. The van der Waals surface area contributed by atoms with Gasteiger partial charge in [0.05, 0.1) is 0 Å². The van der Waals surface area contributed by atoms with Crippen molar-refractivity contribution in [1.82, 2.24) is 0 Å². The average Bonchev–Trinajstić information content (AvgIpc) is 3.04. The molecule has 0 aliphatic heterocycles. The van der Waals surface area contributed by atoms with E-state index in [1.54, 1.807) is 12.5 Å². The third-order valence-electron chi connectivity index (χ3n) is 10.2. The highest BCUT2D eigenvalue weighted by Crippen LogP contribution is 2.67. The number of carbonyl (C=O) groups is 1. The largest absolute Gasteiger partial charge is 0.462 e. The standard InChI is InChI=1S/C27H38O2/c1-18(28)29-25-12-11-23-22-10-9-21-17-20(19-7-5-4-6-8-19)13-15-26(21,2)24(22)14-16-27(23,25)3/h4-8,20-25H,9-17H2,1-3H3/t20-,21+,22+,23-,24+,25+,26-,27-/m0/s1. The van der Waals surface area contributed by atoms with Crippen LogP contribution in [0.1, 0.15) is 90.0 Å². The number of hydrogen-bond donors (Lipinski definition) is 0. The van der Waals surface area contributed by atoms with Crippen molar-refractivity contribution in [2.24, 2.45) is 34.5 Å². The molecule has 0 unspecified atom stereocenters. The normalized spacial score (nSPS) is 46.3. The Morgan fingerprint density at radius 2 is 1.62 bits per heavy atom. The van der Waals surface area contributed by atoms with Crippen LogP contribution in [0.2, 0.25) is 0 Å². The van der Waals surface area contributed by atoms with Crippen molar-refractivity contribution in [3.63, 3.8) is 0 Å². The maximum Gasteiger partial charge on any atom is 0.302 e. The first-order valence-electron chi connectivity index (χ1n) is 12.1. The van der Waals surface area contributed by atoms with E-state index in [1.807, 2.05) is 0 Å². The van der Waals surface area contributed by atoms with Crippen molar-refractivity contribution in [1.29, 1.82) is 0 Å². The Kier molecular flexibility index (Phi) is 4.83. The molecule has 4 aliphatic rings. The molecular formula is C27H38O2. The van der Waals surface area contributed by atoms with Gasteiger partial charge in [0.15, 0.2) is 0 Å². The first-order chi connectivity index (χ1) is 13.9. The van der Waals surface area contributed by atoms with Crippen molar-refractivity contribution >= 4 is 5.97 Å². The van der Waals surface area contributed by atoms with Gasteiger partial charge >= 0.3 is 5.97 Å². The second-order valence-electron chi connectivity index (χ2n) is 11.3. The second-order valence-corrected chi connectivity index (χ2v) is 11.3. The smallest absolute Gasteiger partial charge is 0.302 e. The molecule has 0 amide bonds. The summed E-state index contributed by atoms with van der Waals surface area (Å²) in [5, 5.41) is 0. The van der Waals surface area contributed by atoms with Crippen LogP contribution >= 0.6 is 0 Å². The van der Waals surface area contributed by atoms with Gasteiger partial charge in [0.2, 0.25) is 0 Å². The fourth-order valence-electron chi connectivity index (χ4n) is 8.63. The van der Waals surface area contributed by atoms with Crippen LogP contribution in [0.15, 0.2) is 30.3 Å². The monoisotopic (exact) mass is 394 g/mol. The third kappa shape index (κ3) is 3.08. The first-order valence-corrected chi connectivity index (χ1v) is 12.1. The third-order valence-corrected chi connectivity index (χ3v) is 10.2. The molecule has 0 heterocycles. The van der Waals surface area contributed by atoms with Gasteiger partial charge in [-0.25, -0.2) is 0 Å². The van der Waals surface area contributed by atoms with Crippen LogP contribution in [0.5, 0.6) is 0 Å². The number of esters is 1. The van der Waals surface area contributed by atoms with E-state index in [-0.39, 0.29) is 17.5 Å². The van der Waals surface area contributed by atoms with Crippen LogP contribution in [0.3, 0.4) is 0 Å². The van der Waals surface area contributed by atoms with Gasteiger partial charge in [0.25, 0.3) is 0 Å². The van der Waals surface area contributed by atoms with E-state index in [0.717, 1.165) is 36.0 Å². The highest BCUT2D eigenvalue weighted by atomic mass is 16.5. The van der Waals surface area contributed by atoms with Crippen molar-refractivity contribution in [2.75, 3.05) is 0 Å². The minimum atomic E-state index is -0.0890. The van der Waals surface area contributed by atoms with Gasteiger partial charge in [0.1, 0.15) is 6.10 Å². The van der Waals surface area contributed by atoms with Crippen molar-refractivity contribution in [2.45, 2.75) is 90.6 Å². The minimum absolute atomic E-state index is 0.0890. The Hall–Kier alpha value is -1.31. The van der Waals surface area contributed by atoms with Gasteiger partial charge in [-0.05, 0) is 98.4 Å². The van der Waals surface area contributed by atoms with E-state index in [2.05, 4.69) is 44.2 Å². The molecule has 29 heavy (non-hydrogen) atoms. The molecule has 1 aromatic carbocycles. The molecule has 1 aromatic rings. The van der Waals surface area contributed by atoms with E-state index in [9.17, 15) is 4.79 Å². The zero-order valence-electron chi connectivity index (χ0n) is 18.5. The summed E-state index contributed by atoms with van der Waals surface area (Å²) in [7, 11) is 0. The van der Waals surface area contributed by atoms with Crippen LogP contribution in [0.25, 0.3) is 0 Å². The molecule has 4 saturated carbocycles. The summed E-state index contributed by atoms with van der Waals surface area (Å²) in [6.45, 7) is 6.67. The van der Waals surface area contributed by atoms with Crippen LogP contribution < -0.4 is 0 Å². The van der Waals surface area contributed by atoms with E-state index < -0.39 is 0 Å². The summed E-state index contributed by atoms with van der Waals surface area (Å²) < 4.78 is 5.82. The van der Waals surface area contributed by atoms with Gasteiger partial charge < -0.3 is 4.74 Å². The van der Waals surface area contributed by atoms with E-state index >= 15 is 0 Å². The van der Waals surface area contributed by atoms with Crippen LogP contribution in [-0.2, 0) is 9.53 Å². The molecule has 0 radical (unpaired) electrons. The van der Waals surface area contributed by atoms with Crippen LogP contribution in [0, 0.1) is 34.5 Å². The Bertz CT molecular complexity index is 757. The molecule has 158 valence electrons. The quantitative estimate of drug-likeness (QED) is 0.519. The zero-order chi connectivity index (χ0) is 20.2. The summed E-state index contributed by atoms with van der Waals surface area (Å²) >= 11 is 0. The van der Waals surface area contributed by atoms with Gasteiger partial charge in [-0.1, -0.05) is 44.2 Å². The first kappa shape index (κ1) is 19.6. The average molecular weight is 395 g/mol. The summed E-state index contributed by atoms with van der Waals surface area (Å²) in [6.07, 6.45) is 12.1. The van der Waals surface area contributed by atoms with Gasteiger partial charge in [-0.15, -0.1) is 0 Å². The lowest BCUT2D eigenvalue weighted by Gasteiger charge is -2.61. The Morgan fingerprint density at radius 1 is 0.897 bits per heavy atom. The topological polar surface area (TPSA) is 26.3 Å². The Balaban J connectivity index is 1.35. The van der Waals surface area contributed by atoms with Crippen LogP contribution in [0.4, 0.5) is 0 Å². The lowest BCUT2D eigenvalue weighted by molar-refractivity contribution is -0.161. The van der Waals surface area contributed by atoms with E-state index in [4.69, 9.17) is 4.74 Å². The summed E-state index contributed by atoms with van der Waals surface area (Å²) in [5.74, 6) is 4.05. The molecule has 0 spiro atoms. The number of ether oxygens (including phenoxy) is 1. The molecule has 8 atom stereocenters. The predicted octanol–water partition coefficient (Wildman–Crippen LogP) is 6.74. The van der Waals surface area contributed by atoms with Gasteiger partial charge in [-0.3, -0.25) is 4.79 Å². The summed E-state index contributed by atoms with van der Waals surface area (Å²) in [6, 6.07) is 11.3. The van der Waals surface area contributed by atoms with Crippen molar-refractivity contribution < 1.29 is 9.53 Å². The SMILES string of the molecule is CC(=O)O[C@@H]1CC[C@H]2[C@H]3CC[C@@H]4C[C@@H](c5ccccc5)CC[C@]4(C)[C@@H]3CC[C@]12C. The highest BCUT2D eigenvalue weighted by molar-refractivity contribution is 5.66. The van der Waals surface area contributed by atoms with E-state index in [1.165, 1.54) is 51.4 Å². The molecule has 0 saturated heterocycles. The number of rotatable bonds is 2.